The van der Waals surface area contributed by atoms with E-state index < -0.39 is 5.82 Å². The molecule has 0 heterocycles. The topological polar surface area (TPSA) is 41.1 Å². The third-order valence-corrected chi connectivity index (χ3v) is 3.78. The molecule has 0 aliphatic heterocycles. The second-order valence-corrected chi connectivity index (χ2v) is 5.28. The van der Waals surface area contributed by atoms with Crippen molar-refractivity contribution >= 4 is 11.6 Å². The van der Waals surface area contributed by atoms with E-state index in [0.29, 0.717) is 12.0 Å². The van der Waals surface area contributed by atoms with E-state index in [0.717, 1.165) is 6.42 Å². The van der Waals surface area contributed by atoms with Gasteiger partial charge in [-0.2, -0.15) is 0 Å². The number of amides is 1. The van der Waals surface area contributed by atoms with Crippen LogP contribution in [-0.4, -0.2) is 18.5 Å². The van der Waals surface area contributed by atoms with E-state index in [1.54, 1.807) is 18.2 Å². The molecule has 0 saturated heterocycles. The van der Waals surface area contributed by atoms with Gasteiger partial charge in [0, 0.05) is 6.04 Å². The van der Waals surface area contributed by atoms with E-state index in [9.17, 15) is 9.18 Å². The van der Waals surface area contributed by atoms with Gasteiger partial charge in [-0.25, -0.2) is 4.39 Å². The number of carbonyl (C=O) groups is 1. The smallest absolute Gasteiger partial charge is 0.238 e. The van der Waals surface area contributed by atoms with Crippen LogP contribution in [0.15, 0.2) is 24.3 Å². The normalized spacial score (nSPS) is 23.1. The van der Waals surface area contributed by atoms with Crippen LogP contribution in [0, 0.1) is 11.7 Å². The predicted octanol–water partition coefficient (Wildman–Crippen LogP) is 2.93. The Morgan fingerprint density at radius 1 is 1.32 bits per heavy atom. The van der Waals surface area contributed by atoms with Crippen molar-refractivity contribution in [1.82, 2.24) is 5.32 Å². The Labute approximate surface area is 113 Å². The highest BCUT2D eigenvalue weighted by molar-refractivity contribution is 5.92. The molecule has 0 radical (unpaired) electrons. The lowest BCUT2D eigenvalue weighted by molar-refractivity contribution is -0.115. The van der Waals surface area contributed by atoms with Gasteiger partial charge in [-0.1, -0.05) is 31.9 Å². The number of halogens is 1. The molecule has 19 heavy (non-hydrogen) atoms. The van der Waals surface area contributed by atoms with Crippen LogP contribution >= 0.6 is 0 Å². The molecule has 0 aromatic heterocycles. The highest BCUT2D eigenvalue weighted by atomic mass is 19.1. The maximum atomic E-state index is 13.4. The van der Waals surface area contributed by atoms with Crippen molar-refractivity contribution in [3.63, 3.8) is 0 Å². The predicted molar refractivity (Wildman–Crippen MR) is 74.5 cm³/mol. The lowest BCUT2D eigenvalue weighted by Gasteiger charge is -2.29. The third kappa shape index (κ3) is 4.03. The van der Waals surface area contributed by atoms with Crippen LogP contribution in [0.4, 0.5) is 10.1 Å². The van der Waals surface area contributed by atoms with Gasteiger partial charge in [0.1, 0.15) is 5.82 Å². The largest absolute Gasteiger partial charge is 0.322 e. The second-order valence-electron chi connectivity index (χ2n) is 5.28. The molecule has 1 saturated carbocycles. The van der Waals surface area contributed by atoms with Crippen LogP contribution in [0.2, 0.25) is 0 Å². The Morgan fingerprint density at radius 2 is 2.05 bits per heavy atom. The summed E-state index contributed by atoms with van der Waals surface area (Å²) in [5.74, 6) is 0.0137. The lowest BCUT2D eigenvalue weighted by Crippen LogP contribution is -2.41. The van der Waals surface area contributed by atoms with Gasteiger partial charge in [0.2, 0.25) is 5.91 Å². The molecule has 0 bridgehead atoms. The molecule has 1 amide bonds. The standard InChI is InChI=1S/C15H21FN2O/c1-11-6-2-4-8-13(11)17-10-15(19)18-14-9-5-3-7-12(14)16/h3,5,7,9,11,13,17H,2,4,6,8,10H2,1H3,(H,18,19). The summed E-state index contributed by atoms with van der Waals surface area (Å²) in [6.07, 6.45) is 4.83. The van der Waals surface area contributed by atoms with Gasteiger partial charge in [-0.3, -0.25) is 4.79 Å². The van der Waals surface area contributed by atoms with Gasteiger partial charge >= 0.3 is 0 Å². The highest BCUT2D eigenvalue weighted by Gasteiger charge is 2.21. The number of hydrogen-bond acceptors (Lipinski definition) is 2. The summed E-state index contributed by atoms with van der Waals surface area (Å²) in [5, 5.41) is 5.86. The average Bonchev–Trinajstić information content (AvgIpc) is 2.40. The third-order valence-electron chi connectivity index (χ3n) is 3.78. The lowest BCUT2D eigenvalue weighted by atomic mass is 9.86. The summed E-state index contributed by atoms with van der Waals surface area (Å²) in [4.78, 5) is 11.8. The Bertz CT molecular complexity index is 436. The van der Waals surface area contributed by atoms with E-state index in [-0.39, 0.29) is 18.1 Å². The Kier molecular flexibility index (Phi) is 4.91. The minimum atomic E-state index is -0.401. The number of carbonyl (C=O) groups excluding carboxylic acids is 1. The molecule has 3 nitrogen and oxygen atoms in total. The van der Waals surface area contributed by atoms with Crippen molar-refractivity contribution in [3.8, 4) is 0 Å². The van der Waals surface area contributed by atoms with Crippen molar-refractivity contribution in [3.05, 3.63) is 30.1 Å². The van der Waals surface area contributed by atoms with Crippen LogP contribution in [0.1, 0.15) is 32.6 Å². The molecule has 1 aliphatic carbocycles. The van der Waals surface area contributed by atoms with Gasteiger partial charge in [0.15, 0.2) is 0 Å². The quantitative estimate of drug-likeness (QED) is 0.878. The van der Waals surface area contributed by atoms with Crippen LogP contribution < -0.4 is 10.6 Å². The summed E-state index contributed by atoms with van der Waals surface area (Å²) in [5.41, 5.74) is 0.242. The van der Waals surface area contributed by atoms with E-state index in [4.69, 9.17) is 0 Å². The molecule has 104 valence electrons. The summed E-state index contributed by atoms with van der Waals surface area (Å²) in [7, 11) is 0. The van der Waals surface area contributed by atoms with Crippen molar-refractivity contribution < 1.29 is 9.18 Å². The molecular weight excluding hydrogens is 243 g/mol. The summed E-state index contributed by atoms with van der Waals surface area (Å²) < 4.78 is 13.4. The molecule has 2 rings (SSSR count). The molecule has 1 aromatic rings. The van der Waals surface area contributed by atoms with Crippen molar-refractivity contribution in [2.75, 3.05) is 11.9 Å². The zero-order valence-electron chi connectivity index (χ0n) is 11.3. The summed E-state index contributed by atoms with van der Waals surface area (Å²) in [6, 6.07) is 6.62. The van der Waals surface area contributed by atoms with Crippen molar-refractivity contribution in [2.24, 2.45) is 5.92 Å². The molecule has 1 aromatic carbocycles. The number of para-hydroxylation sites is 1. The van der Waals surface area contributed by atoms with Gasteiger partial charge in [-0.15, -0.1) is 0 Å². The van der Waals surface area contributed by atoms with Gasteiger partial charge in [0.25, 0.3) is 0 Å². The second kappa shape index (κ2) is 6.66. The molecule has 2 atom stereocenters. The van der Waals surface area contributed by atoms with Crippen molar-refractivity contribution in [1.29, 1.82) is 0 Å². The first-order chi connectivity index (χ1) is 9.16. The molecular formula is C15H21FN2O. The zero-order valence-corrected chi connectivity index (χ0v) is 11.3. The number of hydrogen-bond donors (Lipinski definition) is 2. The fraction of sp³-hybridized carbons (Fsp3) is 0.533. The summed E-state index contributed by atoms with van der Waals surface area (Å²) >= 11 is 0. The minimum absolute atomic E-state index is 0.192. The van der Waals surface area contributed by atoms with E-state index in [1.165, 1.54) is 25.3 Å². The van der Waals surface area contributed by atoms with Gasteiger partial charge in [-0.05, 0) is 30.9 Å². The average molecular weight is 264 g/mol. The van der Waals surface area contributed by atoms with Crippen LogP contribution in [0.3, 0.4) is 0 Å². The Morgan fingerprint density at radius 3 is 2.79 bits per heavy atom. The first-order valence-corrected chi connectivity index (χ1v) is 6.94. The molecule has 2 unspecified atom stereocenters. The fourth-order valence-electron chi connectivity index (χ4n) is 2.60. The fourth-order valence-corrected chi connectivity index (χ4v) is 2.60. The highest BCUT2D eigenvalue weighted by Crippen LogP contribution is 2.23. The number of nitrogens with one attached hydrogen (secondary N) is 2. The number of rotatable bonds is 4. The van der Waals surface area contributed by atoms with Crippen LogP contribution in [-0.2, 0) is 4.79 Å². The van der Waals surface area contributed by atoms with E-state index in [1.807, 2.05) is 0 Å². The molecule has 0 spiro atoms. The van der Waals surface area contributed by atoms with E-state index in [2.05, 4.69) is 17.6 Å². The first kappa shape index (κ1) is 14.0. The molecule has 4 heteroatoms. The zero-order chi connectivity index (χ0) is 13.7. The Balaban J connectivity index is 1.80. The van der Waals surface area contributed by atoms with E-state index >= 15 is 0 Å². The van der Waals surface area contributed by atoms with Crippen LogP contribution in [0.5, 0.6) is 0 Å². The minimum Gasteiger partial charge on any atom is -0.322 e. The van der Waals surface area contributed by atoms with Gasteiger partial charge < -0.3 is 10.6 Å². The van der Waals surface area contributed by atoms with Gasteiger partial charge in [0.05, 0.1) is 12.2 Å². The molecule has 1 aliphatic rings. The van der Waals surface area contributed by atoms with Crippen molar-refractivity contribution in [2.45, 2.75) is 38.6 Å². The maximum absolute atomic E-state index is 13.4. The first-order valence-electron chi connectivity index (χ1n) is 6.94. The monoisotopic (exact) mass is 264 g/mol. The number of benzene rings is 1. The SMILES string of the molecule is CC1CCCCC1NCC(=O)Nc1ccccc1F. The maximum Gasteiger partial charge on any atom is 0.238 e. The molecule has 1 fully saturated rings. The number of anilines is 1. The molecule has 2 N–H and O–H groups in total. The van der Waals surface area contributed by atoms with Crippen LogP contribution in [0.25, 0.3) is 0 Å². The Hall–Kier alpha value is -1.42. The summed E-state index contributed by atoms with van der Waals surface area (Å²) in [6.45, 7) is 2.45.